The van der Waals surface area contributed by atoms with Crippen LogP contribution < -0.4 is 5.32 Å². The van der Waals surface area contributed by atoms with E-state index in [2.05, 4.69) is 19.2 Å². The van der Waals surface area contributed by atoms with Gasteiger partial charge in [-0.15, -0.1) is 0 Å². The van der Waals surface area contributed by atoms with Crippen molar-refractivity contribution in [2.75, 3.05) is 0 Å². The molecule has 3 unspecified atom stereocenters. The van der Waals surface area contributed by atoms with E-state index >= 15 is 0 Å². The fraction of sp³-hybridized carbons (Fsp3) is 0.867. The zero-order valence-electron chi connectivity index (χ0n) is 12.3. The Bertz CT molecular complexity index is 315. The fourth-order valence-electron chi connectivity index (χ4n) is 2.82. The molecule has 4 heteroatoms. The van der Waals surface area contributed by atoms with E-state index < -0.39 is 11.9 Å². The van der Waals surface area contributed by atoms with Gasteiger partial charge in [0.25, 0.3) is 0 Å². The summed E-state index contributed by atoms with van der Waals surface area (Å²) in [6.07, 6.45) is 5.43. The Morgan fingerprint density at radius 3 is 2.37 bits per heavy atom. The average Bonchev–Trinajstić information content (AvgIpc) is 2.77. The zero-order chi connectivity index (χ0) is 14.4. The van der Waals surface area contributed by atoms with Gasteiger partial charge in [0.1, 0.15) is 0 Å². The van der Waals surface area contributed by atoms with Gasteiger partial charge >= 0.3 is 5.97 Å². The van der Waals surface area contributed by atoms with Crippen molar-refractivity contribution in [1.29, 1.82) is 0 Å². The second-order valence-corrected chi connectivity index (χ2v) is 6.22. The van der Waals surface area contributed by atoms with Crippen LogP contribution in [0.15, 0.2) is 0 Å². The Morgan fingerprint density at radius 2 is 1.79 bits per heavy atom. The molecule has 1 saturated carbocycles. The van der Waals surface area contributed by atoms with Crippen molar-refractivity contribution < 1.29 is 14.7 Å². The van der Waals surface area contributed by atoms with Gasteiger partial charge in [0, 0.05) is 6.04 Å². The second kappa shape index (κ2) is 7.51. The highest BCUT2D eigenvalue weighted by Crippen LogP contribution is 2.32. The van der Waals surface area contributed by atoms with E-state index in [1.54, 1.807) is 0 Å². The normalized spacial score (nSPS) is 24.4. The number of hydrogen-bond donors (Lipinski definition) is 2. The Hall–Kier alpha value is -1.06. The number of hydrogen-bond acceptors (Lipinski definition) is 2. The quantitative estimate of drug-likeness (QED) is 0.747. The van der Waals surface area contributed by atoms with Gasteiger partial charge in [-0.2, -0.15) is 0 Å². The second-order valence-electron chi connectivity index (χ2n) is 6.22. The third kappa shape index (κ3) is 5.21. The Kier molecular flexibility index (Phi) is 6.32. The fourth-order valence-corrected chi connectivity index (χ4v) is 2.82. The van der Waals surface area contributed by atoms with Crippen LogP contribution in [0.2, 0.25) is 0 Å². The minimum absolute atomic E-state index is 0.0676. The number of carboxylic acids is 1. The first-order chi connectivity index (χ1) is 8.91. The van der Waals surface area contributed by atoms with Crippen molar-refractivity contribution in [3.05, 3.63) is 0 Å². The Labute approximate surface area is 116 Å². The molecule has 4 nitrogen and oxygen atoms in total. The zero-order valence-corrected chi connectivity index (χ0v) is 12.3. The molecule has 0 aromatic rings. The maximum absolute atomic E-state index is 12.1. The molecule has 19 heavy (non-hydrogen) atoms. The van der Waals surface area contributed by atoms with Crippen molar-refractivity contribution in [3.63, 3.8) is 0 Å². The van der Waals surface area contributed by atoms with E-state index in [4.69, 9.17) is 5.11 Å². The summed E-state index contributed by atoms with van der Waals surface area (Å²) in [6, 6.07) is 0.140. The molecule has 0 bridgehead atoms. The summed E-state index contributed by atoms with van der Waals surface area (Å²) in [6.45, 7) is 6.39. The molecule has 0 heterocycles. The molecule has 0 spiro atoms. The highest BCUT2D eigenvalue weighted by Gasteiger charge is 2.37. The lowest BCUT2D eigenvalue weighted by Gasteiger charge is -2.20. The summed E-state index contributed by atoms with van der Waals surface area (Å²) in [5.74, 6) is -1.02. The predicted molar refractivity (Wildman–Crippen MR) is 74.8 cm³/mol. The Morgan fingerprint density at radius 1 is 1.16 bits per heavy atom. The summed E-state index contributed by atoms with van der Waals surface area (Å²) < 4.78 is 0. The van der Waals surface area contributed by atoms with Gasteiger partial charge in [0.15, 0.2) is 0 Å². The topological polar surface area (TPSA) is 66.4 Å². The van der Waals surface area contributed by atoms with Gasteiger partial charge in [-0.25, -0.2) is 0 Å². The number of nitrogens with one attached hydrogen (secondary N) is 1. The SMILES string of the molecule is CC(C)CCCC(C)NC(=O)C1CCCC1C(=O)O. The highest BCUT2D eigenvalue weighted by molar-refractivity contribution is 5.85. The molecule has 1 aliphatic carbocycles. The molecule has 0 aromatic carbocycles. The number of aliphatic carboxylic acids is 1. The first-order valence-corrected chi connectivity index (χ1v) is 7.45. The van der Waals surface area contributed by atoms with E-state index in [0.29, 0.717) is 18.8 Å². The largest absolute Gasteiger partial charge is 0.481 e. The molecule has 0 aliphatic heterocycles. The van der Waals surface area contributed by atoms with Gasteiger partial charge in [-0.3, -0.25) is 9.59 Å². The van der Waals surface area contributed by atoms with Gasteiger partial charge in [0.2, 0.25) is 5.91 Å². The summed E-state index contributed by atoms with van der Waals surface area (Å²) in [5, 5.41) is 12.1. The molecule has 2 N–H and O–H groups in total. The molecule has 0 saturated heterocycles. The van der Waals surface area contributed by atoms with Crippen LogP contribution in [0.25, 0.3) is 0 Å². The third-order valence-corrected chi connectivity index (χ3v) is 3.98. The van der Waals surface area contributed by atoms with Crippen molar-refractivity contribution >= 4 is 11.9 Å². The summed E-state index contributed by atoms with van der Waals surface area (Å²) >= 11 is 0. The van der Waals surface area contributed by atoms with Gasteiger partial charge in [0.05, 0.1) is 11.8 Å². The van der Waals surface area contributed by atoms with E-state index in [9.17, 15) is 9.59 Å². The van der Waals surface area contributed by atoms with E-state index in [1.165, 1.54) is 6.42 Å². The summed E-state index contributed by atoms with van der Waals surface area (Å²) in [7, 11) is 0. The Balaban J connectivity index is 2.35. The van der Waals surface area contributed by atoms with Gasteiger partial charge < -0.3 is 10.4 Å². The van der Waals surface area contributed by atoms with E-state index in [1.807, 2.05) is 6.92 Å². The number of carbonyl (C=O) groups excluding carboxylic acids is 1. The molecule has 0 radical (unpaired) electrons. The van der Waals surface area contributed by atoms with Crippen LogP contribution in [-0.4, -0.2) is 23.0 Å². The van der Waals surface area contributed by atoms with Crippen LogP contribution in [0.5, 0.6) is 0 Å². The smallest absolute Gasteiger partial charge is 0.307 e. The maximum atomic E-state index is 12.1. The molecule has 3 atom stereocenters. The summed E-state index contributed by atoms with van der Waals surface area (Å²) in [5.41, 5.74) is 0. The lowest BCUT2D eigenvalue weighted by atomic mass is 9.94. The molecular weight excluding hydrogens is 242 g/mol. The standard InChI is InChI=1S/C15H27NO3/c1-10(2)6-4-7-11(3)16-14(17)12-8-5-9-13(12)15(18)19/h10-13H,4-9H2,1-3H3,(H,16,17)(H,18,19). The third-order valence-electron chi connectivity index (χ3n) is 3.98. The minimum atomic E-state index is -0.829. The lowest BCUT2D eigenvalue weighted by molar-refractivity contribution is -0.146. The van der Waals surface area contributed by atoms with Crippen LogP contribution in [-0.2, 0) is 9.59 Å². The lowest BCUT2D eigenvalue weighted by Crippen LogP contribution is -2.40. The van der Waals surface area contributed by atoms with Gasteiger partial charge in [-0.05, 0) is 32.1 Å². The van der Waals surface area contributed by atoms with Crippen LogP contribution in [0.3, 0.4) is 0 Å². The molecule has 0 aromatic heterocycles. The first kappa shape index (κ1) is 16.0. The monoisotopic (exact) mass is 269 g/mol. The molecule has 1 rings (SSSR count). The number of carboxylic acid groups (broad SMARTS) is 1. The maximum Gasteiger partial charge on any atom is 0.307 e. The molecule has 1 fully saturated rings. The predicted octanol–water partition coefficient (Wildman–Crippen LogP) is 2.82. The molecular formula is C15H27NO3. The van der Waals surface area contributed by atoms with Crippen molar-refractivity contribution in [2.45, 2.75) is 65.3 Å². The van der Waals surface area contributed by atoms with Crippen LogP contribution in [0.4, 0.5) is 0 Å². The molecule has 110 valence electrons. The first-order valence-electron chi connectivity index (χ1n) is 7.45. The number of amides is 1. The van der Waals surface area contributed by atoms with E-state index in [-0.39, 0.29) is 17.9 Å². The highest BCUT2D eigenvalue weighted by atomic mass is 16.4. The van der Waals surface area contributed by atoms with Crippen LogP contribution in [0, 0.1) is 17.8 Å². The number of rotatable bonds is 7. The average molecular weight is 269 g/mol. The molecule has 1 aliphatic rings. The van der Waals surface area contributed by atoms with E-state index in [0.717, 1.165) is 19.3 Å². The van der Waals surface area contributed by atoms with Crippen LogP contribution in [0.1, 0.15) is 59.3 Å². The molecule has 1 amide bonds. The summed E-state index contributed by atoms with van der Waals surface area (Å²) in [4.78, 5) is 23.2. The number of carbonyl (C=O) groups is 2. The van der Waals surface area contributed by atoms with Crippen LogP contribution >= 0.6 is 0 Å². The van der Waals surface area contributed by atoms with Crippen molar-refractivity contribution in [2.24, 2.45) is 17.8 Å². The van der Waals surface area contributed by atoms with Crippen molar-refractivity contribution in [3.8, 4) is 0 Å². The minimum Gasteiger partial charge on any atom is -0.481 e. The van der Waals surface area contributed by atoms with Gasteiger partial charge in [-0.1, -0.05) is 33.1 Å². The van der Waals surface area contributed by atoms with Crippen molar-refractivity contribution in [1.82, 2.24) is 5.32 Å².